The first-order chi connectivity index (χ1) is 9.93. The van der Waals surface area contributed by atoms with Crippen LogP contribution in [0.15, 0.2) is 0 Å². The van der Waals surface area contributed by atoms with Crippen molar-refractivity contribution in [1.29, 1.82) is 0 Å². The summed E-state index contributed by atoms with van der Waals surface area (Å²) in [6.45, 7) is 8.93. The SMILES string of the molecule is CCC(C)C1NC(=O)CCN(C2CCN(C)CC2C)C1=O. The van der Waals surface area contributed by atoms with Gasteiger partial charge in [-0.3, -0.25) is 9.59 Å². The molecule has 2 aliphatic rings. The van der Waals surface area contributed by atoms with Gasteiger partial charge in [0.05, 0.1) is 0 Å². The molecular formula is C16H29N3O2. The molecule has 5 heteroatoms. The van der Waals surface area contributed by atoms with Gasteiger partial charge in [0.2, 0.25) is 11.8 Å². The van der Waals surface area contributed by atoms with Gasteiger partial charge in [-0.2, -0.15) is 0 Å². The molecule has 0 radical (unpaired) electrons. The summed E-state index contributed by atoms with van der Waals surface area (Å²) in [6, 6.07) is -0.0789. The Hall–Kier alpha value is -1.10. The molecule has 0 aromatic carbocycles. The van der Waals surface area contributed by atoms with E-state index in [0.29, 0.717) is 18.9 Å². The number of nitrogens with one attached hydrogen (secondary N) is 1. The Bertz CT molecular complexity index is 399. The lowest BCUT2D eigenvalue weighted by Crippen LogP contribution is -2.55. The number of amides is 2. The van der Waals surface area contributed by atoms with Gasteiger partial charge in [-0.15, -0.1) is 0 Å². The van der Waals surface area contributed by atoms with Crippen molar-refractivity contribution in [3.05, 3.63) is 0 Å². The number of nitrogens with zero attached hydrogens (tertiary/aromatic N) is 2. The molecule has 2 saturated heterocycles. The van der Waals surface area contributed by atoms with E-state index in [1.54, 1.807) is 0 Å². The predicted molar refractivity (Wildman–Crippen MR) is 82.8 cm³/mol. The maximum atomic E-state index is 12.9. The molecule has 0 aliphatic carbocycles. The molecule has 4 unspecified atom stereocenters. The summed E-state index contributed by atoms with van der Waals surface area (Å²) in [5, 5.41) is 2.93. The van der Waals surface area contributed by atoms with E-state index in [4.69, 9.17) is 0 Å². The summed E-state index contributed by atoms with van der Waals surface area (Å²) in [7, 11) is 2.13. The zero-order valence-electron chi connectivity index (χ0n) is 13.8. The molecule has 5 nitrogen and oxygen atoms in total. The molecule has 0 aromatic rings. The number of likely N-dealkylation sites (tertiary alicyclic amines) is 1. The van der Waals surface area contributed by atoms with Crippen molar-refractivity contribution in [1.82, 2.24) is 15.1 Å². The topological polar surface area (TPSA) is 52.7 Å². The molecule has 4 atom stereocenters. The van der Waals surface area contributed by atoms with Gasteiger partial charge in [-0.05, 0) is 31.8 Å². The van der Waals surface area contributed by atoms with Crippen LogP contribution in [0.5, 0.6) is 0 Å². The van der Waals surface area contributed by atoms with Crippen molar-refractivity contribution in [2.45, 2.75) is 52.1 Å². The van der Waals surface area contributed by atoms with E-state index >= 15 is 0 Å². The highest BCUT2D eigenvalue weighted by atomic mass is 16.2. The van der Waals surface area contributed by atoms with Crippen LogP contribution in [0.25, 0.3) is 0 Å². The van der Waals surface area contributed by atoms with Crippen LogP contribution >= 0.6 is 0 Å². The van der Waals surface area contributed by atoms with Crippen molar-refractivity contribution in [2.24, 2.45) is 11.8 Å². The maximum Gasteiger partial charge on any atom is 0.245 e. The normalized spacial score (nSPS) is 33.5. The fraction of sp³-hybridized carbons (Fsp3) is 0.875. The Balaban J connectivity index is 2.17. The molecule has 1 N–H and O–H groups in total. The smallest absolute Gasteiger partial charge is 0.245 e. The van der Waals surface area contributed by atoms with E-state index in [0.717, 1.165) is 25.9 Å². The van der Waals surface area contributed by atoms with Gasteiger partial charge < -0.3 is 15.1 Å². The second kappa shape index (κ2) is 6.77. The first-order valence-electron chi connectivity index (χ1n) is 8.22. The molecule has 21 heavy (non-hydrogen) atoms. The van der Waals surface area contributed by atoms with Crippen LogP contribution in [0.3, 0.4) is 0 Å². The number of carbonyl (C=O) groups is 2. The maximum absolute atomic E-state index is 12.9. The highest BCUT2D eigenvalue weighted by molar-refractivity contribution is 5.90. The molecule has 2 rings (SSSR count). The average Bonchev–Trinajstić information content (AvgIpc) is 2.59. The first-order valence-corrected chi connectivity index (χ1v) is 8.22. The van der Waals surface area contributed by atoms with Crippen molar-refractivity contribution >= 4 is 11.8 Å². The molecule has 120 valence electrons. The second-order valence-electron chi connectivity index (χ2n) is 6.81. The molecule has 2 fully saturated rings. The van der Waals surface area contributed by atoms with E-state index in [9.17, 15) is 9.59 Å². The third kappa shape index (κ3) is 3.57. The van der Waals surface area contributed by atoms with Crippen molar-refractivity contribution < 1.29 is 9.59 Å². The molecular weight excluding hydrogens is 266 g/mol. The zero-order chi connectivity index (χ0) is 15.6. The summed E-state index contributed by atoms with van der Waals surface area (Å²) in [6.07, 6.45) is 2.33. The van der Waals surface area contributed by atoms with E-state index in [1.165, 1.54) is 0 Å². The molecule has 2 aliphatic heterocycles. The van der Waals surface area contributed by atoms with E-state index in [2.05, 4.69) is 31.1 Å². The molecule has 0 bridgehead atoms. The van der Waals surface area contributed by atoms with E-state index < -0.39 is 0 Å². The van der Waals surface area contributed by atoms with Crippen LogP contribution in [-0.4, -0.2) is 60.4 Å². The van der Waals surface area contributed by atoms with Crippen LogP contribution in [0.1, 0.15) is 40.0 Å². The summed E-state index contributed by atoms with van der Waals surface area (Å²) >= 11 is 0. The Kier molecular flexibility index (Phi) is 5.25. The molecule has 2 amide bonds. The Morgan fingerprint density at radius 2 is 2.05 bits per heavy atom. The van der Waals surface area contributed by atoms with Crippen molar-refractivity contribution in [3.8, 4) is 0 Å². The van der Waals surface area contributed by atoms with Gasteiger partial charge >= 0.3 is 0 Å². The van der Waals surface area contributed by atoms with E-state index in [-0.39, 0.29) is 29.8 Å². The van der Waals surface area contributed by atoms with Crippen LogP contribution < -0.4 is 5.32 Å². The number of rotatable bonds is 3. The quantitative estimate of drug-likeness (QED) is 0.848. The van der Waals surface area contributed by atoms with Gasteiger partial charge in [-0.1, -0.05) is 27.2 Å². The summed E-state index contributed by atoms with van der Waals surface area (Å²) in [4.78, 5) is 29.1. The van der Waals surface area contributed by atoms with Gasteiger partial charge in [0, 0.05) is 25.6 Å². The highest BCUT2D eigenvalue weighted by Crippen LogP contribution is 2.25. The fourth-order valence-corrected chi connectivity index (χ4v) is 3.57. The van der Waals surface area contributed by atoms with Crippen molar-refractivity contribution in [3.63, 3.8) is 0 Å². The zero-order valence-corrected chi connectivity index (χ0v) is 13.8. The molecule has 2 heterocycles. The Morgan fingerprint density at radius 3 is 2.67 bits per heavy atom. The Morgan fingerprint density at radius 1 is 1.33 bits per heavy atom. The Labute approximate surface area is 128 Å². The minimum Gasteiger partial charge on any atom is -0.344 e. The average molecular weight is 295 g/mol. The minimum absolute atomic E-state index is 0.0109. The third-order valence-corrected chi connectivity index (χ3v) is 5.12. The number of carbonyl (C=O) groups excluding carboxylic acids is 2. The molecule has 0 saturated carbocycles. The van der Waals surface area contributed by atoms with Crippen LogP contribution in [0, 0.1) is 11.8 Å². The lowest BCUT2D eigenvalue weighted by atomic mass is 9.91. The number of piperidine rings is 1. The second-order valence-corrected chi connectivity index (χ2v) is 6.81. The standard InChI is InChI=1S/C16H29N3O2/c1-5-11(2)15-16(21)19(9-7-14(20)17-15)13-6-8-18(4)10-12(13)3/h11-13,15H,5-10H2,1-4H3,(H,17,20). The van der Waals surface area contributed by atoms with Crippen molar-refractivity contribution in [2.75, 3.05) is 26.7 Å². The number of hydrogen-bond donors (Lipinski definition) is 1. The number of hydrogen-bond acceptors (Lipinski definition) is 3. The summed E-state index contributed by atoms with van der Waals surface area (Å²) in [5.74, 6) is 0.774. The predicted octanol–water partition coefficient (Wildman–Crippen LogP) is 1.09. The van der Waals surface area contributed by atoms with Crippen LogP contribution in [-0.2, 0) is 9.59 Å². The van der Waals surface area contributed by atoms with Gasteiger partial charge in [0.1, 0.15) is 6.04 Å². The third-order valence-electron chi connectivity index (χ3n) is 5.12. The summed E-state index contributed by atoms with van der Waals surface area (Å²) < 4.78 is 0. The van der Waals surface area contributed by atoms with Crippen LogP contribution in [0.4, 0.5) is 0 Å². The fourth-order valence-electron chi connectivity index (χ4n) is 3.57. The first kappa shape index (κ1) is 16.3. The van der Waals surface area contributed by atoms with E-state index in [1.807, 2.05) is 11.8 Å². The van der Waals surface area contributed by atoms with Gasteiger partial charge in [0.15, 0.2) is 0 Å². The largest absolute Gasteiger partial charge is 0.344 e. The lowest BCUT2D eigenvalue weighted by Gasteiger charge is -2.42. The monoisotopic (exact) mass is 295 g/mol. The lowest BCUT2D eigenvalue weighted by molar-refractivity contribution is -0.139. The van der Waals surface area contributed by atoms with Crippen LogP contribution in [0.2, 0.25) is 0 Å². The minimum atomic E-state index is -0.350. The molecule has 0 aromatic heterocycles. The van der Waals surface area contributed by atoms with Gasteiger partial charge in [-0.25, -0.2) is 0 Å². The highest BCUT2D eigenvalue weighted by Gasteiger charge is 2.39. The van der Waals surface area contributed by atoms with Gasteiger partial charge in [0.25, 0.3) is 0 Å². The summed E-state index contributed by atoms with van der Waals surface area (Å²) in [5.41, 5.74) is 0. The molecule has 0 spiro atoms.